The fraction of sp³-hybridized carbons (Fsp3) is 0.0588. The summed E-state index contributed by atoms with van der Waals surface area (Å²) in [4.78, 5) is 0. The number of nitrogens with one attached hydrogen (secondary N) is 2. The fourth-order valence-corrected chi connectivity index (χ4v) is 2.10. The Bertz CT molecular complexity index is 645. The van der Waals surface area contributed by atoms with Crippen LogP contribution in [0.25, 0.3) is 5.69 Å². The van der Waals surface area contributed by atoms with Crippen molar-refractivity contribution in [2.75, 3.05) is 5.43 Å². The van der Waals surface area contributed by atoms with E-state index in [1.807, 2.05) is 42.5 Å². The summed E-state index contributed by atoms with van der Waals surface area (Å²) >= 11 is 0. The highest BCUT2D eigenvalue weighted by molar-refractivity contribution is 5.41. The Hall–Kier alpha value is -2.52. The lowest BCUT2D eigenvalue weighted by atomic mass is 10.2. The van der Waals surface area contributed by atoms with Crippen molar-refractivity contribution in [3.63, 3.8) is 0 Å². The zero-order valence-electron chi connectivity index (χ0n) is 11.2. The molecule has 20 heavy (non-hydrogen) atoms. The first-order valence-corrected chi connectivity index (χ1v) is 6.68. The maximum atomic E-state index is 3.23. The van der Waals surface area contributed by atoms with Crippen LogP contribution in [0.4, 0.5) is 5.69 Å². The van der Waals surface area contributed by atoms with E-state index in [9.17, 15) is 0 Å². The Morgan fingerprint density at radius 1 is 0.800 bits per heavy atom. The summed E-state index contributed by atoms with van der Waals surface area (Å²) in [5.74, 6) is 0. The van der Waals surface area contributed by atoms with Gasteiger partial charge in [0.05, 0.1) is 0 Å². The maximum Gasteiger partial charge on any atom is 0.0487 e. The Kier molecular flexibility index (Phi) is 3.80. The van der Waals surface area contributed by atoms with Crippen LogP contribution >= 0.6 is 0 Å². The SMILES string of the molecule is c1ccc(NNCc2cccc(-n3cccc3)c2)cc1. The zero-order valence-corrected chi connectivity index (χ0v) is 11.2. The Morgan fingerprint density at radius 3 is 2.40 bits per heavy atom. The predicted octanol–water partition coefficient (Wildman–Crippen LogP) is 3.59. The van der Waals surface area contributed by atoms with E-state index in [0.29, 0.717) is 0 Å². The molecule has 100 valence electrons. The molecule has 0 aliphatic heterocycles. The summed E-state index contributed by atoms with van der Waals surface area (Å²) in [6.45, 7) is 0.768. The van der Waals surface area contributed by atoms with E-state index in [1.54, 1.807) is 0 Å². The molecule has 1 aromatic heterocycles. The lowest BCUT2D eigenvalue weighted by Gasteiger charge is -2.10. The van der Waals surface area contributed by atoms with Gasteiger partial charge in [-0.15, -0.1) is 0 Å². The minimum absolute atomic E-state index is 0.768. The summed E-state index contributed by atoms with van der Waals surface area (Å²) in [6.07, 6.45) is 4.10. The third-order valence-corrected chi connectivity index (χ3v) is 3.11. The lowest BCUT2D eigenvalue weighted by molar-refractivity contribution is 0.800. The van der Waals surface area contributed by atoms with Gasteiger partial charge in [0.1, 0.15) is 0 Å². The number of para-hydroxylation sites is 1. The topological polar surface area (TPSA) is 29.0 Å². The monoisotopic (exact) mass is 263 g/mol. The minimum Gasteiger partial charge on any atom is -0.324 e. The number of nitrogens with zero attached hydrogens (tertiary/aromatic N) is 1. The number of anilines is 1. The van der Waals surface area contributed by atoms with Crippen molar-refractivity contribution in [3.05, 3.63) is 84.7 Å². The third kappa shape index (κ3) is 3.08. The van der Waals surface area contributed by atoms with Crippen LogP contribution in [-0.2, 0) is 6.54 Å². The largest absolute Gasteiger partial charge is 0.324 e. The molecular formula is C17H17N3. The molecule has 0 bridgehead atoms. The van der Waals surface area contributed by atoms with Crippen LogP contribution in [0, 0.1) is 0 Å². The number of aromatic nitrogens is 1. The predicted molar refractivity (Wildman–Crippen MR) is 82.7 cm³/mol. The number of hydrazine groups is 1. The second-order valence-electron chi connectivity index (χ2n) is 4.60. The number of hydrogen-bond acceptors (Lipinski definition) is 2. The van der Waals surface area contributed by atoms with Gasteiger partial charge in [-0.2, -0.15) is 0 Å². The average Bonchev–Trinajstić information content (AvgIpc) is 3.03. The molecule has 0 saturated carbocycles. The zero-order chi connectivity index (χ0) is 13.6. The second-order valence-corrected chi connectivity index (χ2v) is 4.60. The van der Waals surface area contributed by atoms with Gasteiger partial charge < -0.3 is 9.99 Å². The minimum atomic E-state index is 0.768. The van der Waals surface area contributed by atoms with E-state index in [1.165, 1.54) is 11.3 Å². The molecule has 3 heteroatoms. The van der Waals surface area contributed by atoms with Gasteiger partial charge in [0, 0.05) is 30.3 Å². The molecule has 0 saturated heterocycles. The van der Waals surface area contributed by atoms with Gasteiger partial charge >= 0.3 is 0 Å². The van der Waals surface area contributed by atoms with E-state index in [-0.39, 0.29) is 0 Å². The Labute approximate surface area is 118 Å². The van der Waals surface area contributed by atoms with E-state index < -0.39 is 0 Å². The normalized spacial score (nSPS) is 10.4. The molecule has 2 aromatic carbocycles. The molecule has 1 heterocycles. The number of hydrogen-bond donors (Lipinski definition) is 2. The maximum absolute atomic E-state index is 3.23. The van der Waals surface area contributed by atoms with Gasteiger partial charge in [-0.25, -0.2) is 5.43 Å². The lowest BCUT2D eigenvalue weighted by Crippen LogP contribution is -2.20. The smallest absolute Gasteiger partial charge is 0.0487 e. The molecule has 0 spiro atoms. The highest BCUT2D eigenvalue weighted by atomic mass is 15.3. The van der Waals surface area contributed by atoms with Crippen LogP contribution in [0.2, 0.25) is 0 Å². The van der Waals surface area contributed by atoms with Crippen LogP contribution in [0.3, 0.4) is 0 Å². The number of rotatable bonds is 5. The molecule has 3 rings (SSSR count). The molecule has 3 nitrogen and oxygen atoms in total. The summed E-state index contributed by atoms with van der Waals surface area (Å²) in [5, 5.41) is 0. The molecule has 0 fully saturated rings. The van der Waals surface area contributed by atoms with Crippen LogP contribution < -0.4 is 10.9 Å². The average molecular weight is 263 g/mol. The highest BCUT2D eigenvalue weighted by Crippen LogP contribution is 2.11. The van der Waals surface area contributed by atoms with Crippen LogP contribution in [0.5, 0.6) is 0 Å². The van der Waals surface area contributed by atoms with Crippen molar-refractivity contribution in [2.24, 2.45) is 0 Å². The van der Waals surface area contributed by atoms with Crippen molar-refractivity contribution >= 4 is 5.69 Å². The van der Waals surface area contributed by atoms with Crippen molar-refractivity contribution < 1.29 is 0 Å². The van der Waals surface area contributed by atoms with Crippen molar-refractivity contribution in [1.82, 2.24) is 9.99 Å². The van der Waals surface area contributed by atoms with Crippen molar-refractivity contribution in [2.45, 2.75) is 6.54 Å². The van der Waals surface area contributed by atoms with Gasteiger partial charge in [0.2, 0.25) is 0 Å². The van der Waals surface area contributed by atoms with Gasteiger partial charge in [-0.3, -0.25) is 0 Å². The molecular weight excluding hydrogens is 246 g/mol. The number of benzene rings is 2. The first kappa shape index (κ1) is 12.5. The van der Waals surface area contributed by atoms with E-state index >= 15 is 0 Å². The molecule has 2 N–H and O–H groups in total. The Morgan fingerprint density at radius 2 is 1.60 bits per heavy atom. The quantitative estimate of drug-likeness (QED) is 0.689. The molecule has 3 aromatic rings. The van der Waals surface area contributed by atoms with Gasteiger partial charge in [-0.05, 0) is 42.0 Å². The molecule has 0 unspecified atom stereocenters. The standard InChI is InChI=1S/C17H17N3/c1-2-8-16(9-3-1)19-18-14-15-7-6-10-17(13-15)20-11-4-5-12-20/h1-13,18-19H,14H2. The Balaban J connectivity index is 1.62. The first-order valence-electron chi connectivity index (χ1n) is 6.68. The highest BCUT2D eigenvalue weighted by Gasteiger charge is 1.97. The van der Waals surface area contributed by atoms with E-state index in [2.05, 4.69) is 52.1 Å². The van der Waals surface area contributed by atoms with Gasteiger partial charge in [0.15, 0.2) is 0 Å². The first-order chi connectivity index (χ1) is 9.92. The summed E-state index contributed by atoms with van der Waals surface area (Å²) in [6, 6.07) is 22.6. The van der Waals surface area contributed by atoms with Gasteiger partial charge in [-0.1, -0.05) is 30.3 Å². The third-order valence-electron chi connectivity index (χ3n) is 3.11. The van der Waals surface area contributed by atoms with E-state index in [0.717, 1.165) is 12.2 Å². The van der Waals surface area contributed by atoms with Crippen LogP contribution in [0.1, 0.15) is 5.56 Å². The molecule has 0 amide bonds. The van der Waals surface area contributed by atoms with Gasteiger partial charge in [0.25, 0.3) is 0 Å². The van der Waals surface area contributed by atoms with Crippen LogP contribution in [0.15, 0.2) is 79.1 Å². The summed E-state index contributed by atoms with van der Waals surface area (Å²) in [5.41, 5.74) is 9.90. The fourth-order valence-electron chi connectivity index (χ4n) is 2.10. The van der Waals surface area contributed by atoms with Crippen LogP contribution in [-0.4, -0.2) is 4.57 Å². The molecule has 0 aliphatic rings. The summed E-state index contributed by atoms with van der Waals surface area (Å²) in [7, 11) is 0. The molecule has 0 atom stereocenters. The van der Waals surface area contributed by atoms with E-state index in [4.69, 9.17) is 0 Å². The summed E-state index contributed by atoms with van der Waals surface area (Å²) < 4.78 is 2.11. The second kappa shape index (κ2) is 6.08. The van der Waals surface area contributed by atoms with Crippen molar-refractivity contribution in [3.8, 4) is 5.69 Å². The molecule has 0 radical (unpaired) electrons. The molecule has 0 aliphatic carbocycles. The van der Waals surface area contributed by atoms with Crippen molar-refractivity contribution in [1.29, 1.82) is 0 Å².